The lowest BCUT2D eigenvalue weighted by Gasteiger charge is -2.37. The molecule has 3 heteroatoms. The van der Waals surface area contributed by atoms with E-state index in [1.54, 1.807) is 0 Å². The molecule has 0 aromatic rings. The number of aliphatic hydroxyl groups is 2. The van der Waals surface area contributed by atoms with Crippen LogP contribution in [-0.2, 0) is 0 Å². The summed E-state index contributed by atoms with van der Waals surface area (Å²) >= 11 is 0. The van der Waals surface area contributed by atoms with Crippen molar-refractivity contribution >= 4 is 0 Å². The molecule has 0 saturated heterocycles. The fourth-order valence-electron chi connectivity index (χ4n) is 1.45. The van der Waals surface area contributed by atoms with Gasteiger partial charge in [0.05, 0.1) is 6.10 Å². The minimum Gasteiger partial charge on any atom is -0.396 e. The van der Waals surface area contributed by atoms with E-state index in [0.717, 1.165) is 19.5 Å². The van der Waals surface area contributed by atoms with Crippen LogP contribution in [0.25, 0.3) is 0 Å². The Bertz CT molecular complexity index is 167. The van der Waals surface area contributed by atoms with Gasteiger partial charge in [0.2, 0.25) is 0 Å². The van der Waals surface area contributed by atoms with Gasteiger partial charge in [0.15, 0.2) is 0 Å². The van der Waals surface area contributed by atoms with Crippen LogP contribution in [0.2, 0.25) is 0 Å². The normalized spacial score (nSPS) is 15.0. The summed E-state index contributed by atoms with van der Waals surface area (Å²) in [5, 5.41) is 18.5. The molecule has 0 aromatic heterocycles. The van der Waals surface area contributed by atoms with Gasteiger partial charge >= 0.3 is 0 Å². The van der Waals surface area contributed by atoms with Crippen molar-refractivity contribution in [2.75, 3.05) is 19.7 Å². The molecule has 92 valence electrons. The fraction of sp³-hybridized carbons (Fsp3) is 1.00. The van der Waals surface area contributed by atoms with Crippen LogP contribution in [0, 0.1) is 5.41 Å². The average Bonchev–Trinajstić information content (AvgIpc) is 2.11. The Hall–Kier alpha value is -0.120. The summed E-state index contributed by atoms with van der Waals surface area (Å²) in [6.07, 6.45) is 0.488. The first-order valence-corrected chi connectivity index (χ1v) is 5.84. The first-order valence-electron chi connectivity index (χ1n) is 5.84. The minimum atomic E-state index is -0.312. The van der Waals surface area contributed by atoms with Gasteiger partial charge in [-0.1, -0.05) is 13.8 Å². The quantitative estimate of drug-likeness (QED) is 0.679. The molecule has 1 unspecified atom stereocenters. The van der Waals surface area contributed by atoms with Crippen molar-refractivity contribution in [2.45, 2.75) is 53.2 Å². The molecule has 0 amide bonds. The molecule has 0 bridgehead atoms. The molecule has 0 aliphatic heterocycles. The third kappa shape index (κ3) is 5.50. The van der Waals surface area contributed by atoms with Gasteiger partial charge in [-0.25, -0.2) is 0 Å². The van der Waals surface area contributed by atoms with E-state index in [0.29, 0.717) is 6.04 Å². The van der Waals surface area contributed by atoms with Gasteiger partial charge in [0.1, 0.15) is 0 Å². The van der Waals surface area contributed by atoms with Crippen LogP contribution in [-0.4, -0.2) is 47.0 Å². The van der Waals surface area contributed by atoms with Crippen molar-refractivity contribution in [2.24, 2.45) is 5.41 Å². The zero-order chi connectivity index (χ0) is 12.1. The van der Waals surface area contributed by atoms with Crippen molar-refractivity contribution in [3.8, 4) is 0 Å². The molecule has 0 spiro atoms. The van der Waals surface area contributed by atoms with Crippen molar-refractivity contribution in [1.29, 1.82) is 0 Å². The summed E-state index contributed by atoms with van der Waals surface area (Å²) in [6, 6.07) is 0.453. The van der Waals surface area contributed by atoms with E-state index < -0.39 is 0 Å². The van der Waals surface area contributed by atoms with Crippen LogP contribution in [0.15, 0.2) is 0 Å². The molecule has 1 atom stereocenters. The Morgan fingerprint density at radius 1 is 1.20 bits per heavy atom. The highest BCUT2D eigenvalue weighted by Gasteiger charge is 2.27. The van der Waals surface area contributed by atoms with E-state index in [1.165, 1.54) is 0 Å². The lowest BCUT2D eigenvalue weighted by molar-refractivity contribution is 0.0244. The number of rotatable bonds is 7. The Morgan fingerprint density at radius 3 is 2.07 bits per heavy atom. The smallest absolute Gasteiger partial charge is 0.0575 e. The summed E-state index contributed by atoms with van der Waals surface area (Å²) < 4.78 is 0. The molecule has 0 rings (SSSR count). The molecule has 0 saturated carbocycles. The molecule has 15 heavy (non-hydrogen) atoms. The molecule has 0 aromatic carbocycles. The van der Waals surface area contributed by atoms with Crippen LogP contribution in [0.5, 0.6) is 0 Å². The van der Waals surface area contributed by atoms with Gasteiger partial charge in [-0.05, 0) is 27.2 Å². The molecule has 2 N–H and O–H groups in total. The summed E-state index contributed by atoms with van der Waals surface area (Å²) in [5.41, 5.74) is -0.0975. The lowest BCUT2D eigenvalue weighted by atomic mass is 9.86. The predicted molar refractivity (Wildman–Crippen MR) is 63.9 cm³/mol. The lowest BCUT2D eigenvalue weighted by Crippen LogP contribution is -2.44. The number of hydrogen-bond acceptors (Lipinski definition) is 3. The molecule has 0 aliphatic carbocycles. The second-order valence-electron chi connectivity index (χ2n) is 5.31. The standard InChI is InChI=1S/C12H27NO2/c1-10(2)13(7-6-8-14)9-12(4,5)11(3)15/h10-11,14-15H,6-9H2,1-5H3. The maximum Gasteiger partial charge on any atom is 0.0575 e. The highest BCUT2D eigenvalue weighted by Crippen LogP contribution is 2.23. The monoisotopic (exact) mass is 217 g/mol. The van der Waals surface area contributed by atoms with Crippen LogP contribution >= 0.6 is 0 Å². The average molecular weight is 217 g/mol. The van der Waals surface area contributed by atoms with E-state index in [1.807, 2.05) is 6.92 Å². The van der Waals surface area contributed by atoms with Crippen LogP contribution in [0.3, 0.4) is 0 Å². The summed E-state index contributed by atoms with van der Waals surface area (Å²) in [7, 11) is 0. The highest BCUT2D eigenvalue weighted by molar-refractivity contribution is 4.80. The van der Waals surface area contributed by atoms with Crippen LogP contribution in [0.4, 0.5) is 0 Å². The van der Waals surface area contributed by atoms with E-state index in [-0.39, 0.29) is 18.1 Å². The van der Waals surface area contributed by atoms with Gasteiger partial charge in [-0.3, -0.25) is 0 Å². The minimum absolute atomic E-state index is 0.0975. The van der Waals surface area contributed by atoms with E-state index in [2.05, 4.69) is 32.6 Å². The van der Waals surface area contributed by atoms with Crippen molar-refractivity contribution in [3.05, 3.63) is 0 Å². The summed E-state index contributed by atoms with van der Waals surface area (Å²) in [5.74, 6) is 0. The SMILES string of the molecule is CC(C)N(CCCO)CC(C)(C)C(C)O. The third-order valence-electron chi connectivity index (χ3n) is 3.08. The second kappa shape index (κ2) is 6.46. The van der Waals surface area contributed by atoms with E-state index in [4.69, 9.17) is 5.11 Å². The number of hydrogen-bond donors (Lipinski definition) is 2. The van der Waals surface area contributed by atoms with Gasteiger partial charge in [-0.15, -0.1) is 0 Å². The topological polar surface area (TPSA) is 43.7 Å². The van der Waals surface area contributed by atoms with Gasteiger partial charge in [0.25, 0.3) is 0 Å². The van der Waals surface area contributed by atoms with Crippen molar-refractivity contribution in [3.63, 3.8) is 0 Å². The maximum atomic E-state index is 9.66. The Morgan fingerprint density at radius 2 is 1.73 bits per heavy atom. The molecular formula is C12H27NO2. The zero-order valence-electron chi connectivity index (χ0n) is 10.8. The van der Waals surface area contributed by atoms with Gasteiger partial charge < -0.3 is 15.1 Å². The molecule has 3 nitrogen and oxygen atoms in total. The van der Waals surface area contributed by atoms with Crippen LogP contribution < -0.4 is 0 Å². The largest absolute Gasteiger partial charge is 0.396 e. The van der Waals surface area contributed by atoms with Gasteiger partial charge in [-0.2, -0.15) is 0 Å². The van der Waals surface area contributed by atoms with E-state index in [9.17, 15) is 5.11 Å². The van der Waals surface area contributed by atoms with Gasteiger partial charge in [0, 0.05) is 31.2 Å². The fourth-order valence-corrected chi connectivity index (χ4v) is 1.45. The Kier molecular flexibility index (Phi) is 6.41. The maximum absolute atomic E-state index is 9.66. The second-order valence-corrected chi connectivity index (χ2v) is 5.31. The first kappa shape index (κ1) is 14.9. The molecule has 0 heterocycles. The Labute approximate surface area is 94.1 Å². The molecule has 0 radical (unpaired) electrons. The predicted octanol–water partition coefficient (Wildman–Crippen LogP) is 1.49. The van der Waals surface area contributed by atoms with Crippen molar-refractivity contribution in [1.82, 2.24) is 4.90 Å². The van der Waals surface area contributed by atoms with E-state index >= 15 is 0 Å². The summed E-state index contributed by atoms with van der Waals surface area (Å²) in [6.45, 7) is 12.3. The molecule has 0 aliphatic rings. The van der Waals surface area contributed by atoms with Crippen LogP contribution in [0.1, 0.15) is 41.0 Å². The highest BCUT2D eigenvalue weighted by atomic mass is 16.3. The molecular weight excluding hydrogens is 190 g/mol. The van der Waals surface area contributed by atoms with Crippen molar-refractivity contribution < 1.29 is 10.2 Å². The summed E-state index contributed by atoms with van der Waals surface area (Å²) in [4.78, 5) is 2.31. The Balaban J connectivity index is 4.27. The first-order chi connectivity index (χ1) is 6.81. The molecule has 0 fully saturated rings. The zero-order valence-corrected chi connectivity index (χ0v) is 10.8. The number of aliphatic hydroxyl groups excluding tert-OH is 2. The third-order valence-corrected chi connectivity index (χ3v) is 3.08. The number of nitrogens with zero attached hydrogens (tertiary/aromatic N) is 1.